The van der Waals surface area contributed by atoms with E-state index in [0.717, 1.165) is 18.5 Å². The number of aryl methyl sites for hydroxylation is 1. The van der Waals surface area contributed by atoms with E-state index in [0.29, 0.717) is 18.0 Å². The van der Waals surface area contributed by atoms with Gasteiger partial charge in [-0.05, 0) is 30.0 Å². The van der Waals surface area contributed by atoms with E-state index in [1.807, 2.05) is 16.8 Å². The Morgan fingerprint density at radius 3 is 2.89 bits per heavy atom. The number of carbonyl (C=O) groups is 1. The predicted molar refractivity (Wildman–Crippen MR) is 105 cm³/mol. The van der Waals surface area contributed by atoms with Crippen LogP contribution in [0.1, 0.15) is 17.5 Å². The Kier molecular flexibility index (Phi) is 4.58. The molecule has 3 heterocycles. The first-order valence-corrected chi connectivity index (χ1v) is 9.01. The van der Waals surface area contributed by atoms with Crippen molar-refractivity contribution in [3.05, 3.63) is 54.1 Å². The van der Waals surface area contributed by atoms with E-state index < -0.39 is 0 Å². The second kappa shape index (κ2) is 7.19. The van der Waals surface area contributed by atoms with Gasteiger partial charge in [0.15, 0.2) is 11.5 Å². The molecule has 0 saturated carbocycles. The van der Waals surface area contributed by atoms with Crippen molar-refractivity contribution in [3.8, 4) is 0 Å². The minimum absolute atomic E-state index is 0.0869. The minimum Gasteiger partial charge on any atom is -0.348 e. The maximum atomic E-state index is 12.8. The third-order valence-electron chi connectivity index (χ3n) is 4.99. The normalized spacial score (nSPS) is 14.3. The highest BCUT2D eigenvalue weighted by Crippen LogP contribution is 2.25. The van der Waals surface area contributed by atoms with E-state index in [1.165, 1.54) is 23.0 Å². The van der Waals surface area contributed by atoms with Gasteiger partial charge in [-0.1, -0.05) is 30.3 Å². The lowest BCUT2D eigenvalue weighted by atomic mass is 9.95. The fourth-order valence-electron chi connectivity index (χ4n) is 3.49. The van der Waals surface area contributed by atoms with E-state index in [1.54, 1.807) is 6.33 Å². The summed E-state index contributed by atoms with van der Waals surface area (Å²) in [5.41, 5.74) is 5.22. The van der Waals surface area contributed by atoms with E-state index in [-0.39, 0.29) is 12.5 Å². The van der Waals surface area contributed by atoms with Crippen molar-refractivity contribution >= 4 is 28.5 Å². The molecule has 0 fully saturated rings. The maximum absolute atomic E-state index is 12.8. The van der Waals surface area contributed by atoms with Crippen molar-refractivity contribution in [2.75, 3.05) is 31.6 Å². The van der Waals surface area contributed by atoms with Crippen LogP contribution >= 0.6 is 0 Å². The summed E-state index contributed by atoms with van der Waals surface area (Å²) in [4.78, 5) is 32.1. The Labute approximate surface area is 157 Å². The van der Waals surface area contributed by atoms with Crippen molar-refractivity contribution in [2.24, 2.45) is 0 Å². The van der Waals surface area contributed by atoms with Crippen LogP contribution in [0.4, 0.5) is 5.82 Å². The molecule has 138 valence electrons. The van der Waals surface area contributed by atoms with E-state index in [9.17, 15) is 4.79 Å². The first kappa shape index (κ1) is 17.2. The second-order valence-corrected chi connectivity index (χ2v) is 6.79. The SMILES string of the molecule is Cc1ccccc1C1=CCN(C(=O)CN(C)c2ncnc3nc[nH]c23)CC1. The standard InChI is InChI=1S/C20H22N6O/c1-14-5-3-4-6-16(14)15-7-9-26(10-8-15)17(27)11-25(2)20-18-19(22-12-21-18)23-13-24-20/h3-7,12-13H,8-11H2,1-2H3,(H,21,22,23,24). The number of imidazole rings is 1. The quantitative estimate of drug-likeness (QED) is 0.771. The van der Waals surface area contributed by atoms with Crippen LogP contribution in [0.2, 0.25) is 0 Å². The first-order chi connectivity index (χ1) is 13.1. The second-order valence-electron chi connectivity index (χ2n) is 6.79. The van der Waals surface area contributed by atoms with Gasteiger partial charge in [0.25, 0.3) is 0 Å². The fourth-order valence-corrected chi connectivity index (χ4v) is 3.49. The number of nitrogens with one attached hydrogen (secondary N) is 1. The van der Waals surface area contributed by atoms with Crippen LogP contribution < -0.4 is 4.90 Å². The van der Waals surface area contributed by atoms with Gasteiger partial charge in [-0.25, -0.2) is 15.0 Å². The molecule has 2 aromatic heterocycles. The number of nitrogens with zero attached hydrogens (tertiary/aromatic N) is 5. The molecule has 1 amide bonds. The Morgan fingerprint density at radius 2 is 2.11 bits per heavy atom. The molecule has 0 bridgehead atoms. The summed E-state index contributed by atoms with van der Waals surface area (Å²) in [7, 11) is 1.86. The van der Waals surface area contributed by atoms with Crippen molar-refractivity contribution < 1.29 is 4.79 Å². The molecular weight excluding hydrogens is 340 g/mol. The molecule has 7 nitrogen and oxygen atoms in total. The zero-order valence-corrected chi connectivity index (χ0v) is 15.5. The van der Waals surface area contributed by atoms with Crippen molar-refractivity contribution in [3.63, 3.8) is 0 Å². The smallest absolute Gasteiger partial charge is 0.242 e. The number of likely N-dealkylation sites (N-methyl/N-ethyl adjacent to an activating group) is 1. The molecule has 0 atom stereocenters. The third kappa shape index (κ3) is 3.40. The molecule has 27 heavy (non-hydrogen) atoms. The van der Waals surface area contributed by atoms with Crippen LogP contribution in [0.5, 0.6) is 0 Å². The largest absolute Gasteiger partial charge is 0.348 e. The highest BCUT2D eigenvalue weighted by molar-refractivity contribution is 5.87. The zero-order valence-electron chi connectivity index (χ0n) is 15.5. The lowest BCUT2D eigenvalue weighted by Crippen LogP contribution is -2.41. The monoisotopic (exact) mass is 362 g/mol. The number of hydrogen-bond donors (Lipinski definition) is 1. The molecule has 1 aliphatic rings. The van der Waals surface area contributed by atoms with Crippen LogP contribution in [-0.4, -0.2) is 57.4 Å². The van der Waals surface area contributed by atoms with E-state index >= 15 is 0 Å². The molecule has 4 rings (SSSR count). The van der Waals surface area contributed by atoms with Crippen LogP contribution in [0, 0.1) is 6.92 Å². The summed E-state index contributed by atoms with van der Waals surface area (Å²) in [6.07, 6.45) is 6.10. The molecule has 0 saturated heterocycles. The average Bonchev–Trinajstić information content (AvgIpc) is 3.17. The Hall–Kier alpha value is -3.22. The molecule has 0 spiro atoms. The molecule has 1 aromatic carbocycles. The van der Waals surface area contributed by atoms with E-state index in [4.69, 9.17) is 0 Å². The predicted octanol–water partition coefficient (Wildman–Crippen LogP) is 2.41. The van der Waals surface area contributed by atoms with Crippen molar-refractivity contribution in [2.45, 2.75) is 13.3 Å². The number of hydrogen-bond acceptors (Lipinski definition) is 5. The Balaban J connectivity index is 1.44. The van der Waals surface area contributed by atoms with Gasteiger partial charge in [-0.2, -0.15) is 0 Å². The van der Waals surface area contributed by atoms with Crippen molar-refractivity contribution in [1.82, 2.24) is 24.8 Å². The lowest BCUT2D eigenvalue weighted by molar-refractivity contribution is -0.129. The molecule has 3 aromatic rings. The highest BCUT2D eigenvalue weighted by atomic mass is 16.2. The molecular formula is C20H22N6O. The molecule has 0 aliphatic carbocycles. The van der Waals surface area contributed by atoms with Gasteiger partial charge in [0.2, 0.25) is 5.91 Å². The topological polar surface area (TPSA) is 78.0 Å². The highest BCUT2D eigenvalue weighted by Gasteiger charge is 2.21. The fraction of sp³-hybridized carbons (Fsp3) is 0.300. The number of aromatic nitrogens is 4. The number of anilines is 1. The number of fused-ring (bicyclic) bond motifs is 1. The number of benzene rings is 1. The van der Waals surface area contributed by atoms with Gasteiger partial charge in [0.05, 0.1) is 12.9 Å². The third-order valence-corrected chi connectivity index (χ3v) is 4.99. The van der Waals surface area contributed by atoms with Gasteiger partial charge < -0.3 is 14.8 Å². The number of rotatable bonds is 4. The summed E-state index contributed by atoms with van der Waals surface area (Å²) in [6.45, 7) is 3.76. The molecule has 0 unspecified atom stereocenters. The summed E-state index contributed by atoms with van der Waals surface area (Å²) < 4.78 is 0. The molecule has 1 N–H and O–H groups in total. The van der Waals surface area contributed by atoms with Gasteiger partial charge in [-0.3, -0.25) is 4.79 Å². The number of aromatic amines is 1. The Bertz CT molecular complexity index is 1010. The van der Waals surface area contributed by atoms with Crippen LogP contribution in [-0.2, 0) is 4.79 Å². The zero-order chi connectivity index (χ0) is 18.8. The summed E-state index contributed by atoms with van der Waals surface area (Å²) >= 11 is 0. The minimum atomic E-state index is 0.0869. The summed E-state index contributed by atoms with van der Waals surface area (Å²) in [5, 5.41) is 0. The molecule has 1 aliphatic heterocycles. The van der Waals surface area contributed by atoms with Gasteiger partial charge >= 0.3 is 0 Å². The maximum Gasteiger partial charge on any atom is 0.242 e. The first-order valence-electron chi connectivity index (χ1n) is 9.01. The lowest BCUT2D eigenvalue weighted by Gasteiger charge is -2.29. The molecule has 7 heteroatoms. The number of carbonyl (C=O) groups excluding carboxylic acids is 1. The summed E-state index contributed by atoms with van der Waals surface area (Å²) in [5.74, 6) is 0.767. The number of H-pyrrole nitrogens is 1. The van der Waals surface area contributed by atoms with Gasteiger partial charge in [0.1, 0.15) is 11.8 Å². The van der Waals surface area contributed by atoms with E-state index in [2.05, 4.69) is 57.2 Å². The van der Waals surface area contributed by atoms with Crippen LogP contribution in [0.3, 0.4) is 0 Å². The average molecular weight is 362 g/mol. The van der Waals surface area contributed by atoms with Crippen LogP contribution in [0.15, 0.2) is 43.0 Å². The van der Waals surface area contributed by atoms with Gasteiger partial charge in [0, 0.05) is 20.1 Å². The Morgan fingerprint density at radius 1 is 1.26 bits per heavy atom. The van der Waals surface area contributed by atoms with Crippen molar-refractivity contribution in [1.29, 1.82) is 0 Å². The summed E-state index contributed by atoms with van der Waals surface area (Å²) in [6, 6.07) is 8.39. The number of amides is 1. The van der Waals surface area contributed by atoms with Gasteiger partial charge in [-0.15, -0.1) is 0 Å². The van der Waals surface area contributed by atoms with Crippen LogP contribution in [0.25, 0.3) is 16.7 Å². The molecule has 0 radical (unpaired) electrons.